The van der Waals surface area contributed by atoms with Gasteiger partial charge in [0.05, 0.1) is 6.04 Å². The van der Waals surface area contributed by atoms with Crippen LogP contribution in [0.25, 0.3) is 0 Å². The van der Waals surface area contributed by atoms with Crippen molar-refractivity contribution in [2.75, 3.05) is 6.54 Å². The van der Waals surface area contributed by atoms with Crippen LogP contribution in [0, 0.1) is 11.7 Å². The number of fused-ring (bicyclic) bond motifs is 2. The molecule has 0 aromatic heterocycles. The van der Waals surface area contributed by atoms with E-state index in [1.165, 1.54) is 29.2 Å². The van der Waals surface area contributed by atoms with E-state index in [9.17, 15) is 19.1 Å². The topological polar surface area (TPSA) is 69.6 Å². The maximum absolute atomic E-state index is 13.1. The summed E-state index contributed by atoms with van der Waals surface area (Å²) in [7, 11) is 0. The molecule has 0 radical (unpaired) electrons. The molecule has 0 saturated carbocycles. The van der Waals surface area contributed by atoms with Gasteiger partial charge in [-0.25, -0.2) is 9.18 Å². The van der Waals surface area contributed by atoms with Gasteiger partial charge in [-0.3, -0.25) is 4.79 Å². The molecule has 0 spiro atoms. The maximum atomic E-state index is 13.1. The molecule has 128 valence electrons. The van der Waals surface area contributed by atoms with E-state index in [1.807, 2.05) is 18.2 Å². The third-order valence-corrected chi connectivity index (χ3v) is 5.00. The second-order valence-electron chi connectivity index (χ2n) is 6.40. The average molecular weight is 340 g/mol. The minimum atomic E-state index is -1.07. The number of hydrogen-bond acceptors (Lipinski definition) is 3. The highest BCUT2D eigenvalue weighted by atomic mass is 19.1. The van der Waals surface area contributed by atoms with Crippen molar-refractivity contribution in [3.05, 3.63) is 71.2 Å². The number of carboxylic acids is 1. The van der Waals surface area contributed by atoms with E-state index in [-0.39, 0.29) is 17.5 Å². The van der Waals surface area contributed by atoms with Crippen molar-refractivity contribution in [2.24, 2.45) is 5.92 Å². The molecule has 0 saturated heterocycles. The molecule has 25 heavy (non-hydrogen) atoms. The number of rotatable bonds is 2. The SMILES string of the molecule is O=C(O)C1C2=C(CCN1C(=O)c1ccc(F)cc1)C1C=CC=CC1N2. The summed E-state index contributed by atoms with van der Waals surface area (Å²) in [5, 5.41) is 13.0. The Morgan fingerprint density at radius 2 is 1.88 bits per heavy atom. The minimum Gasteiger partial charge on any atom is -0.479 e. The second kappa shape index (κ2) is 5.88. The summed E-state index contributed by atoms with van der Waals surface area (Å²) in [6, 6.07) is 4.17. The van der Waals surface area contributed by atoms with Crippen LogP contribution in [0.1, 0.15) is 16.8 Å². The number of aliphatic carboxylic acids is 1. The Morgan fingerprint density at radius 3 is 2.60 bits per heavy atom. The Hall–Kier alpha value is -2.89. The van der Waals surface area contributed by atoms with Gasteiger partial charge in [0, 0.05) is 23.7 Å². The van der Waals surface area contributed by atoms with Crippen LogP contribution in [-0.4, -0.2) is 40.5 Å². The third kappa shape index (κ3) is 2.54. The van der Waals surface area contributed by atoms with Crippen LogP contribution in [0.2, 0.25) is 0 Å². The Labute approximate surface area is 144 Å². The van der Waals surface area contributed by atoms with Gasteiger partial charge in [0.1, 0.15) is 5.82 Å². The van der Waals surface area contributed by atoms with Gasteiger partial charge in [0.15, 0.2) is 6.04 Å². The smallest absolute Gasteiger partial charge is 0.332 e. The minimum absolute atomic E-state index is 0.0396. The largest absolute Gasteiger partial charge is 0.479 e. The number of amides is 1. The maximum Gasteiger partial charge on any atom is 0.332 e. The van der Waals surface area contributed by atoms with Crippen molar-refractivity contribution >= 4 is 11.9 Å². The molecule has 0 bridgehead atoms. The second-order valence-corrected chi connectivity index (χ2v) is 6.40. The standard InChI is InChI=1S/C19H17FN2O3/c20-12-7-5-11(6-8-12)18(23)22-10-9-14-13-3-1-2-4-15(13)21-16(14)17(22)19(24)25/h1-8,13,15,17,21H,9-10H2,(H,24,25). The molecule has 2 heterocycles. The summed E-state index contributed by atoms with van der Waals surface area (Å²) in [5.41, 5.74) is 1.95. The third-order valence-electron chi connectivity index (χ3n) is 5.00. The first kappa shape index (κ1) is 15.6. The van der Waals surface area contributed by atoms with Gasteiger partial charge in [-0.05, 0) is 36.3 Å². The molecule has 5 nitrogen and oxygen atoms in total. The monoisotopic (exact) mass is 340 g/mol. The van der Waals surface area contributed by atoms with Crippen molar-refractivity contribution in [3.63, 3.8) is 0 Å². The molecular weight excluding hydrogens is 323 g/mol. The van der Waals surface area contributed by atoms with E-state index < -0.39 is 23.7 Å². The molecule has 1 aromatic carbocycles. The van der Waals surface area contributed by atoms with Crippen LogP contribution in [0.3, 0.4) is 0 Å². The number of nitrogens with zero attached hydrogens (tertiary/aromatic N) is 1. The van der Waals surface area contributed by atoms with Gasteiger partial charge in [0.2, 0.25) is 0 Å². The quantitative estimate of drug-likeness (QED) is 0.865. The highest BCUT2D eigenvalue weighted by molar-refractivity contribution is 5.97. The van der Waals surface area contributed by atoms with Gasteiger partial charge < -0.3 is 15.3 Å². The molecule has 3 aliphatic rings. The zero-order valence-corrected chi connectivity index (χ0v) is 13.4. The Bertz CT molecular complexity index is 826. The summed E-state index contributed by atoms with van der Waals surface area (Å²) in [6.45, 7) is 0.328. The molecule has 1 aliphatic carbocycles. The molecule has 4 rings (SSSR count). The summed E-state index contributed by atoms with van der Waals surface area (Å²) in [5.74, 6) is -1.76. The van der Waals surface area contributed by atoms with E-state index in [4.69, 9.17) is 0 Å². The van der Waals surface area contributed by atoms with E-state index in [0.717, 1.165) is 5.57 Å². The number of carbonyl (C=O) groups excluding carboxylic acids is 1. The molecular formula is C19H17FN2O3. The lowest BCUT2D eigenvalue weighted by Gasteiger charge is -2.34. The number of hydrogen-bond donors (Lipinski definition) is 2. The predicted molar refractivity (Wildman–Crippen MR) is 89.2 cm³/mol. The molecule has 6 heteroatoms. The molecule has 1 amide bonds. The molecule has 3 unspecified atom stereocenters. The summed E-state index contributed by atoms with van der Waals surface area (Å²) >= 11 is 0. The summed E-state index contributed by atoms with van der Waals surface area (Å²) in [4.78, 5) is 26.1. The lowest BCUT2D eigenvalue weighted by molar-refractivity contribution is -0.141. The summed E-state index contributed by atoms with van der Waals surface area (Å²) < 4.78 is 13.1. The molecule has 2 aliphatic heterocycles. The molecule has 0 fully saturated rings. The number of allylic oxidation sites excluding steroid dienone is 2. The first-order chi connectivity index (χ1) is 12.1. The normalized spacial score (nSPS) is 26.9. The van der Waals surface area contributed by atoms with Crippen molar-refractivity contribution in [1.29, 1.82) is 0 Å². The first-order valence-electron chi connectivity index (χ1n) is 8.20. The van der Waals surface area contributed by atoms with E-state index >= 15 is 0 Å². The highest BCUT2D eigenvalue weighted by Gasteiger charge is 2.44. The van der Waals surface area contributed by atoms with Crippen molar-refractivity contribution in [3.8, 4) is 0 Å². The van der Waals surface area contributed by atoms with Gasteiger partial charge in [-0.1, -0.05) is 24.3 Å². The predicted octanol–water partition coefficient (Wildman–Crippen LogP) is 2.09. The van der Waals surface area contributed by atoms with Crippen molar-refractivity contribution < 1.29 is 19.1 Å². The molecule has 3 atom stereocenters. The van der Waals surface area contributed by atoms with Crippen LogP contribution in [0.5, 0.6) is 0 Å². The number of nitrogens with one attached hydrogen (secondary N) is 1. The fourth-order valence-electron chi connectivity index (χ4n) is 3.85. The van der Waals surface area contributed by atoms with E-state index in [2.05, 4.69) is 11.4 Å². The Kier molecular flexibility index (Phi) is 3.67. The Balaban J connectivity index is 1.68. The van der Waals surface area contributed by atoms with Crippen molar-refractivity contribution in [1.82, 2.24) is 10.2 Å². The van der Waals surface area contributed by atoms with Crippen LogP contribution < -0.4 is 5.32 Å². The van der Waals surface area contributed by atoms with Gasteiger partial charge in [-0.15, -0.1) is 0 Å². The van der Waals surface area contributed by atoms with Gasteiger partial charge in [0.25, 0.3) is 5.91 Å². The number of benzene rings is 1. The van der Waals surface area contributed by atoms with Crippen LogP contribution >= 0.6 is 0 Å². The van der Waals surface area contributed by atoms with Crippen LogP contribution in [0.15, 0.2) is 59.8 Å². The van der Waals surface area contributed by atoms with Crippen LogP contribution in [-0.2, 0) is 4.79 Å². The number of carboxylic acid groups (broad SMARTS) is 1. The number of carbonyl (C=O) groups is 2. The summed E-state index contributed by atoms with van der Waals surface area (Å²) in [6.07, 6.45) is 8.59. The lowest BCUT2D eigenvalue weighted by atomic mass is 9.86. The molecule has 2 N–H and O–H groups in total. The fourth-order valence-corrected chi connectivity index (χ4v) is 3.85. The van der Waals surface area contributed by atoms with Crippen molar-refractivity contribution in [2.45, 2.75) is 18.5 Å². The molecule has 1 aromatic rings. The zero-order chi connectivity index (χ0) is 17.6. The highest BCUT2D eigenvalue weighted by Crippen LogP contribution is 2.38. The first-order valence-corrected chi connectivity index (χ1v) is 8.20. The number of halogens is 1. The zero-order valence-electron chi connectivity index (χ0n) is 13.4. The van der Waals surface area contributed by atoms with Gasteiger partial charge >= 0.3 is 5.97 Å². The fraction of sp³-hybridized carbons (Fsp3) is 0.263. The Morgan fingerprint density at radius 1 is 1.16 bits per heavy atom. The van der Waals surface area contributed by atoms with Gasteiger partial charge in [-0.2, -0.15) is 0 Å². The van der Waals surface area contributed by atoms with E-state index in [1.54, 1.807) is 0 Å². The van der Waals surface area contributed by atoms with E-state index in [0.29, 0.717) is 18.7 Å². The van der Waals surface area contributed by atoms with Crippen LogP contribution in [0.4, 0.5) is 4.39 Å². The average Bonchev–Trinajstić information content (AvgIpc) is 2.99. The lowest BCUT2D eigenvalue weighted by Crippen LogP contribution is -2.51.